The Morgan fingerprint density at radius 3 is 2.43 bits per heavy atom. The van der Waals surface area contributed by atoms with Crippen molar-refractivity contribution in [2.24, 2.45) is 11.1 Å². The maximum atomic E-state index is 14.1. The number of anilines is 1. The second kappa shape index (κ2) is 11.2. The Morgan fingerprint density at radius 2 is 1.76 bits per heavy atom. The minimum absolute atomic E-state index is 0.0444. The molecular formula is C35H25ClF3N5O2. The van der Waals surface area contributed by atoms with Gasteiger partial charge in [-0.1, -0.05) is 31.5 Å². The van der Waals surface area contributed by atoms with Crippen LogP contribution in [0.2, 0.25) is 5.02 Å². The lowest BCUT2D eigenvalue weighted by Gasteiger charge is -2.44. The molecule has 6 rings (SSSR count). The maximum absolute atomic E-state index is 14.1. The Labute approximate surface area is 267 Å². The number of pyridine rings is 1. The van der Waals surface area contributed by atoms with Crippen molar-refractivity contribution >= 4 is 34.0 Å². The highest BCUT2D eigenvalue weighted by atomic mass is 35.5. The lowest BCUT2D eigenvalue weighted by molar-refractivity contribution is -0.137. The molecule has 1 unspecified atom stereocenters. The van der Waals surface area contributed by atoms with E-state index in [1.165, 1.54) is 17.0 Å². The molecule has 0 saturated carbocycles. The summed E-state index contributed by atoms with van der Waals surface area (Å²) in [7, 11) is 0. The summed E-state index contributed by atoms with van der Waals surface area (Å²) >= 11 is 6.31. The van der Waals surface area contributed by atoms with Gasteiger partial charge in [0.05, 0.1) is 40.3 Å². The molecule has 1 aliphatic heterocycles. The zero-order valence-corrected chi connectivity index (χ0v) is 25.4. The summed E-state index contributed by atoms with van der Waals surface area (Å²) in [4.78, 5) is 20.2. The number of carbonyl (C=O) groups excluding carboxylic acids is 1. The van der Waals surface area contributed by atoms with Gasteiger partial charge in [-0.15, -0.1) is 0 Å². The highest BCUT2D eigenvalue weighted by molar-refractivity contribution is 6.31. The van der Waals surface area contributed by atoms with Crippen molar-refractivity contribution in [3.8, 4) is 23.8 Å². The molecule has 1 aromatic heterocycles. The number of allylic oxidation sites excluding steroid dienone is 3. The van der Waals surface area contributed by atoms with Crippen molar-refractivity contribution in [3.05, 3.63) is 117 Å². The number of nitrogens with zero attached hydrogens (tertiary/aromatic N) is 4. The molecule has 4 aromatic rings. The second-order valence-electron chi connectivity index (χ2n) is 12.0. The monoisotopic (exact) mass is 639 g/mol. The van der Waals surface area contributed by atoms with E-state index < -0.39 is 23.1 Å². The number of aromatic nitrogens is 1. The smallest absolute Gasteiger partial charge is 0.416 e. The topological polar surface area (TPSA) is 116 Å². The number of carbonyl (C=O) groups is 1. The number of hydrogen-bond acceptors (Lipinski definition) is 7. The van der Waals surface area contributed by atoms with Gasteiger partial charge in [0.1, 0.15) is 11.6 Å². The van der Waals surface area contributed by atoms with Gasteiger partial charge in [0.2, 0.25) is 5.88 Å². The first kappa shape index (κ1) is 30.7. The third-order valence-corrected chi connectivity index (χ3v) is 8.33. The van der Waals surface area contributed by atoms with Crippen LogP contribution in [0, 0.1) is 28.1 Å². The predicted octanol–water partition coefficient (Wildman–Crippen LogP) is 8.51. The molecule has 0 saturated heterocycles. The van der Waals surface area contributed by atoms with Gasteiger partial charge in [-0.05, 0) is 78.6 Å². The number of hydrogen-bond donors (Lipinski definition) is 1. The quantitative estimate of drug-likeness (QED) is 0.238. The van der Waals surface area contributed by atoms with E-state index >= 15 is 0 Å². The summed E-state index contributed by atoms with van der Waals surface area (Å²) in [5.41, 5.74) is 7.22. The van der Waals surface area contributed by atoms with Gasteiger partial charge in [0.15, 0.2) is 5.78 Å². The molecule has 2 aliphatic rings. The van der Waals surface area contributed by atoms with Crippen LogP contribution >= 0.6 is 11.6 Å². The molecule has 46 heavy (non-hydrogen) atoms. The van der Waals surface area contributed by atoms with Crippen LogP contribution in [0.1, 0.15) is 49.3 Å². The predicted molar refractivity (Wildman–Crippen MR) is 167 cm³/mol. The van der Waals surface area contributed by atoms with Crippen LogP contribution in [0.4, 0.5) is 18.9 Å². The molecule has 2 heterocycles. The molecular weight excluding hydrogens is 615 g/mol. The fourth-order valence-corrected chi connectivity index (χ4v) is 6.26. The molecule has 0 spiro atoms. The third kappa shape index (κ3) is 5.53. The number of benzene rings is 3. The van der Waals surface area contributed by atoms with Crippen LogP contribution in [0.5, 0.6) is 11.6 Å². The van der Waals surface area contributed by atoms with Gasteiger partial charge in [0.25, 0.3) is 0 Å². The molecule has 0 fully saturated rings. The largest absolute Gasteiger partial charge is 0.439 e. The Balaban J connectivity index is 1.62. The fraction of sp³-hybridized carbons (Fsp3) is 0.200. The molecule has 11 heteroatoms. The molecule has 0 amide bonds. The van der Waals surface area contributed by atoms with Crippen molar-refractivity contribution in [1.29, 1.82) is 10.5 Å². The number of alkyl halides is 3. The first-order valence-corrected chi connectivity index (χ1v) is 14.6. The summed E-state index contributed by atoms with van der Waals surface area (Å²) in [6.45, 7) is 3.79. The van der Waals surface area contributed by atoms with Crippen LogP contribution in [-0.4, -0.2) is 10.8 Å². The highest BCUT2D eigenvalue weighted by Gasteiger charge is 2.46. The number of ether oxygens (including phenoxy) is 1. The molecule has 0 bridgehead atoms. The van der Waals surface area contributed by atoms with Crippen molar-refractivity contribution < 1.29 is 22.7 Å². The molecule has 230 valence electrons. The lowest BCUT2D eigenvalue weighted by Crippen LogP contribution is -2.42. The minimum Gasteiger partial charge on any atom is -0.439 e. The first-order valence-electron chi connectivity index (χ1n) is 14.2. The van der Waals surface area contributed by atoms with Gasteiger partial charge < -0.3 is 10.5 Å². The summed E-state index contributed by atoms with van der Waals surface area (Å²) in [6, 6.07) is 22.0. The Bertz CT molecular complexity index is 2070. The van der Waals surface area contributed by atoms with Crippen LogP contribution < -0.4 is 15.4 Å². The standard InChI is InChI=1S/C35H25ClF3N5O2/c1-34(2)15-28-31(29(45)16-34)30(26(18-41)32(42)44(28)23-5-3-4-21(14-23)35(37,38)39)25-13-20-12-22(36)8-11-27(20)43-33(25)46-24-9-6-19(17-40)7-10-24/h3-14,30H,15-16,42H2,1-2H3. The van der Waals surface area contributed by atoms with E-state index in [4.69, 9.17) is 27.1 Å². The summed E-state index contributed by atoms with van der Waals surface area (Å²) in [5.74, 6) is -0.990. The van der Waals surface area contributed by atoms with E-state index in [0.717, 1.165) is 12.1 Å². The van der Waals surface area contributed by atoms with E-state index in [-0.39, 0.29) is 40.7 Å². The van der Waals surface area contributed by atoms with Crippen LogP contribution in [0.3, 0.4) is 0 Å². The summed E-state index contributed by atoms with van der Waals surface area (Å²) < 4.78 is 47.6. The molecule has 7 nitrogen and oxygen atoms in total. The van der Waals surface area contributed by atoms with Gasteiger partial charge in [-0.2, -0.15) is 23.7 Å². The van der Waals surface area contributed by atoms with E-state index in [1.807, 2.05) is 13.8 Å². The highest BCUT2D eigenvalue weighted by Crippen LogP contribution is 2.52. The van der Waals surface area contributed by atoms with Gasteiger partial charge >= 0.3 is 6.18 Å². The summed E-state index contributed by atoms with van der Waals surface area (Å²) in [5, 5.41) is 20.8. The molecule has 2 N–H and O–H groups in total. The molecule has 0 radical (unpaired) electrons. The maximum Gasteiger partial charge on any atom is 0.416 e. The first-order chi connectivity index (χ1) is 21.8. The zero-order chi connectivity index (χ0) is 33.0. The number of nitriles is 2. The van der Waals surface area contributed by atoms with Crippen molar-refractivity contribution in [2.45, 2.75) is 38.8 Å². The Kier molecular flexibility index (Phi) is 7.50. The molecule has 1 atom stereocenters. The Morgan fingerprint density at radius 1 is 1.02 bits per heavy atom. The van der Waals surface area contributed by atoms with E-state index in [9.17, 15) is 28.5 Å². The molecule has 3 aromatic carbocycles. The third-order valence-electron chi connectivity index (χ3n) is 8.09. The van der Waals surface area contributed by atoms with Gasteiger partial charge in [0, 0.05) is 39.4 Å². The van der Waals surface area contributed by atoms with Crippen LogP contribution in [0.15, 0.2) is 95.5 Å². The van der Waals surface area contributed by atoms with E-state index in [0.29, 0.717) is 44.9 Å². The van der Waals surface area contributed by atoms with E-state index in [2.05, 4.69) is 12.1 Å². The number of halogens is 4. The van der Waals surface area contributed by atoms with Crippen molar-refractivity contribution in [1.82, 2.24) is 4.98 Å². The molecule has 1 aliphatic carbocycles. The number of ketones is 1. The van der Waals surface area contributed by atoms with Crippen molar-refractivity contribution in [2.75, 3.05) is 4.90 Å². The minimum atomic E-state index is -4.63. The number of rotatable bonds is 4. The average molecular weight is 640 g/mol. The average Bonchev–Trinajstić information content (AvgIpc) is 3.00. The SMILES string of the molecule is CC1(C)CC(=O)C2=C(C1)N(c1cccc(C(F)(F)F)c1)C(N)=C(C#N)C2c1cc2cc(Cl)ccc2nc1Oc1ccc(C#N)cc1. The lowest BCUT2D eigenvalue weighted by atomic mass is 9.68. The zero-order valence-electron chi connectivity index (χ0n) is 24.6. The Hall–Kier alpha value is -5.32. The number of fused-ring (bicyclic) bond motifs is 1. The normalized spacial score (nSPS) is 17.9. The summed E-state index contributed by atoms with van der Waals surface area (Å²) in [6.07, 6.45) is -4.20. The van der Waals surface area contributed by atoms with Gasteiger partial charge in [-0.3, -0.25) is 9.69 Å². The van der Waals surface area contributed by atoms with Crippen LogP contribution in [0.25, 0.3) is 10.9 Å². The van der Waals surface area contributed by atoms with E-state index in [1.54, 1.807) is 48.5 Å². The fourth-order valence-electron chi connectivity index (χ4n) is 6.08. The van der Waals surface area contributed by atoms with Crippen molar-refractivity contribution in [3.63, 3.8) is 0 Å². The number of Topliss-reactive ketones (excluding diaryl/α,β-unsaturated/α-hetero) is 1. The number of nitrogens with two attached hydrogens (primary N) is 1. The van der Waals surface area contributed by atoms with Crippen LogP contribution in [-0.2, 0) is 11.0 Å². The second-order valence-corrected chi connectivity index (χ2v) is 12.4. The van der Waals surface area contributed by atoms with Gasteiger partial charge in [-0.25, -0.2) is 4.98 Å².